The normalized spacial score (nSPS) is 14.6. The number of carbonyl (C=O) groups excluding carboxylic acids is 2. The number of nitrogens with one attached hydrogen (secondary N) is 1. The number of halogens is 1. The molecule has 0 radical (unpaired) electrons. The minimum atomic E-state index is -0.512. The largest absolute Gasteiger partial charge is 0.350 e. The molecule has 4 nitrogen and oxygen atoms in total. The molecule has 2 aromatic rings. The minimum absolute atomic E-state index is 0.00417. The van der Waals surface area contributed by atoms with Gasteiger partial charge in [0.2, 0.25) is 5.91 Å². The van der Waals surface area contributed by atoms with Gasteiger partial charge in [-0.2, -0.15) is 0 Å². The molecule has 2 aromatic carbocycles. The van der Waals surface area contributed by atoms with Crippen molar-refractivity contribution < 1.29 is 9.59 Å². The van der Waals surface area contributed by atoms with Gasteiger partial charge >= 0.3 is 0 Å². The number of amides is 2. The maximum atomic E-state index is 12.8. The van der Waals surface area contributed by atoms with Crippen molar-refractivity contribution in [2.45, 2.75) is 33.0 Å². The summed E-state index contributed by atoms with van der Waals surface area (Å²) in [5, 5.41) is 3.55. The first kappa shape index (κ1) is 17.5. The van der Waals surface area contributed by atoms with Crippen LogP contribution in [0.4, 0.5) is 0 Å². The van der Waals surface area contributed by atoms with Gasteiger partial charge in [0.15, 0.2) is 0 Å². The smallest absolute Gasteiger partial charge is 0.255 e. The maximum absolute atomic E-state index is 12.8. The fraction of sp³-hybridized carbons (Fsp3) is 0.300. The lowest BCUT2D eigenvalue weighted by molar-refractivity contribution is -0.127. The molecule has 0 fully saturated rings. The van der Waals surface area contributed by atoms with Gasteiger partial charge in [-0.05, 0) is 29.2 Å². The van der Waals surface area contributed by atoms with Crippen LogP contribution < -0.4 is 5.32 Å². The Morgan fingerprint density at radius 2 is 1.84 bits per heavy atom. The molecule has 0 bridgehead atoms. The Balaban J connectivity index is 1.75. The lowest BCUT2D eigenvalue weighted by atomic mass is 10.0. The number of carbonyl (C=O) groups is 2. The molecule has 3 rings (SSSR count). The zero-order valence-corrected chi connectivity index (χ0v) is 15.1. The van der Waals surface area contributed by atoms with E-state index in [1.165, 1.54) is 0 Å². The topological polar surface area (TPSA) is 49.4 Å². The molecule has 0 aliphatic carbocycles. The Labute approximate surface area is 152 Å². The summed E-state index contributed by atoms with van der Waals surface area (Å²) in [6.07, 6.45) is 0. The van der Waals surface area contributed by atoms with Gasteiger partial charge in [-0.25, -0.2) is 0 Å². The Kier molecular flexibility index (Phi) is 5.09. The molecule has 0 saturated carbocycles. The van der Waals surface area contributed by atoms with E-state index in [1.54, 1.807) is 11.0 Å². The van der Waals surface area contributed by atoms with Gasteiger partial charge in [0, 0.05) is 23.7 Å². The van der Waals surface area contributed by atoms with Crippen molar-refractivity contribution in [2.75, 3.05) is 0 Å². The second-order valence-corrected chi connectivity index (χ2v) is 7.00. The molecule has 1 N–H and O–H groups in total. The summed E-state index contributed by atoms with van der Waals surface area (Å²) in [5.41, 5.74) is 2.51. The summed E-state index contributed by atoms with van der Waals surface area (Å²) in [6, 6.07) is 14.4. The molecule has 0 aromatic heterocycles. The molecule has 1 aliphatic rings. The fourth-order valence-electron chi connectivity index (χ4n) is 3.23. The third-order valence-corrected chi connectivity index (χ3v) is 4.86. The molecule has 1 unspecified atom stereocenters. The van der Waals surface area contributed by atoms with Crippen molar-refractivity contribution in [1.29, 1.82) is 0 Å². The van der Waals surface area contributed by atoms with Crippen LogP contribution in [-0.4, -0.2) is 22.8 Å². The van der Waals surface area contributed by atoms with Crippen LogP contribution in [-0.2, 0) is 17.9 Å². The summed E-state index contributed by atoms with van der Waals surface area (Å²) in [6.45, 7) is 4.72. The fourth-order valence-corrected chi connectivity index (χ4v) is 3.44. The summed E-state index contributed by atoms with van der Waals surface area (Å²) < 4.78 is 0. The van der Waals surface area contributed by atoms with Gasteiger partial charge < -0.3 is 10.2 Å². The van der Waals surface area contributed by atoms with E-state index in [4.69, 9.17) is 11.6 Å². The van der Waals surface area contributed by atoms with Crippen molar-refractivity contribution in [3.05, 3.63) is 70.2 Å². The Hall–Kier alpha value is -2.33. The summed E-state index contributed by atoms with van der Waals surface area (Å²) in [4.78, 5) is 27.2. The average Bonchev–Trinajstić information content (AvgIpc) is 2.91. The monoisotopic (exact) mass is 356 g/mol. The van der Waals surface area contributed by atoms with E-state index in [-0.39, 0.29) is 17.7 Å². The Bertz CT molecular complexity index is 804. The van der Waals surface area contributed by atoms with Gasteiger partial charge in [0.1, 0.15) is 6.04 Å². The zero-order chi connectivity index (χ0) is 18.0. The number of fused-ring (bicyclic) bond motifs is 1. The van der Waals surface area contributed by atoms with Crippen LogP contribution in [0.2, 0.25) is 5.02 Å². The average molecular weight is 357 g/mol. The summed E-state index contributed by atoms with van der Waals surface area (Å²) in [7, 11) is 0. The molecular formula is C20H21ClN2O2. The van der Waals surface area contributed by atoms with Crippen molar-refractivity contribution >= 4 is 23.4 Å². The van der Waals surface area contributed by atoms with Crippen molar-refractivity contribution in [2.24, 2.45) is 5.92 Å². The van der Waals surface area contributed by atoms with E-state index < -0.39 is 6.04 Å². The number of nitrogens with zero attached hydrogens (tertiary/aromatic N) is 1. The predicted octanol–water partition coefficient (Wildman–Crippen LogP) is 3.64. The highest BCUT2D eigenvalue weighted by Crippen LogP contribution is 2.27. The lowest BCUT2D eigenvalue weighted by Gasteiger charge is -2.30. The molecule has 1 aliphatic heterocycles. The molecule has 1 heterocycles. The highest BCUT2D eigenvalue weighted by atomic mass is 35.5. The minimum Gasteiger partial charge on any atom is -0.350 e. The highest BCUT2D eigenvalue weighted by Gasteiger charge is 2.37. The van der Waals surface area contributed by atoms with Gasteiger partial charge in [0.05, 0.1) is 0 Å². The van der Waals surface area contributed by atoms with Gasteiger partial charge in [-0.3, -0.25) is 9.59 Å². The standard InChI is InChI=1S/C20H21ClN2O2/c1-13(2)18(19(24)22-11-14-7-4-6-10-17(14)21)23-12-15-8-3-5-9-16(15)20(23)25/h3-10,13,18H,11-12H2,1-2H3,(H,22,24). The Morgan fingerprint density at radius 3 is 2.52 bits per heavy atom. The van der Waals surface area contributed by atoms with Crippen molar-refractivity contribution in [3.63, 3.8) is 0 Å². The van der Waals surface area contributed by atoms with Crippen LogP contribution in [0, 0.1) is 5.92 Å². The van der Waals surface area contributed by atoms with E-state index in [1.807, 2.05) is 56.3 Å². The quantitative estimate of drug-likeness (QED) is 0.889. The molecule has 25 heavy (non-hydrogen) atoms. The third-order valence-electron chi connectivity index (χ3n) is 4.50. The van der Waals surface area contributed by atoms with Gasteiger partial charge in [-0.15, -0.1) is 0 Å². The van der Waals surface area contributed by atoms with Gasteiger partial charge in [-0.1, -0.05) is 61.8 Å². The molecule has 2 amide bonds. The molecular weight excluding hydrogens is 336 g/mol. The SMILES string of the molecule is CC(C)C(C(=O)NCc1ccccc1Cl)N1Cc2ccccc2C1=O. The van der Waals surface area contributed by atoms with Gasteiger partial charge in [0.25, 0.3) is 5.91 Å². The van der Waals surface area contributed by atoms with Crippen LogP contribution >= 0.6 is 11.6 Å². The molecule has 0 spiro atoms. The molecule has 130 valence electrons. The predicted molar refractivity (Wildman–Crippen MR) is 98.2 cm³/mol. The van der Waals surface area contributed by atoms with Crippen molar-refractivity contribution in [1.82, 2.24) is 10.2 Å². The van der Waals surface area contributed by atoms with E-state index in [0.717, 1.165) is 11.1 Å². The van der Waals surface area contributed by atoms with Crippen LogP contribution in [0.3, 0.4) is 0 Å². The van der Waals surface area contributed by atoms with E-state index >= 15 is 0 Å². The highest BCUT2D eigenvalue weighted by molar-refractivity contribution is 6.31. The number of rotatable bonds is 5. The van der Waals surface area contributed by atoms with Crippen molar-refractivity contribution in [3.8, 4) is 0 Å². The first-order valence-corrected chi connectivity index (χ1v) is 8.77. The Morgan fingerprint density at radius 1 is 1.16 bits per heavy atom. The van der Waals surface area contributed by atoms with Crippen LogP contribution in [0.15, 0.2) is 48.5 Å². The molecule has 5 heteroatoms. The van der Waals surface area contributed by atoms with E-state index in [9.17, 15) is 9.59 Å². The summed E-state index contributed by atoms with van der Waals surface area (Å²) >= 11 is 6.15. The number of hydrogen-bond acceptors (Lipinski definition) is 2. The van der Waals surface area contributed by atoms with Crippen LogP contribution in [0.5, 0.6) is 0 Å². The van der Waals surface area contributed by atoms with E-state index in [2.05, 4.69) is 5.32 Å². The number of benzene rings is 2. The second-order valence-electron chi connectivity index (χ2n) is 6.59. The van der Waals surface area contributed by atoms with Crippen LogP contribution in [0.25, 0.3) is 0 Å². The number of hydrogen-bond donors (Lipinski definition) is 1. The van der Waals surface area contributed by atoms with E-state index in [0.29, 0.717) is 23.7 Å². The van der Waals surface area contributed by atoms with Crippen LogP contribution in [0.1, 0.15) is 35.3 Å². The second kappa shape index (κ2) is 7.28. The first-order chi connectivity index (χ1) is 12.0. The third kappa shape index (κ3) is 3.54. The summed E-state index contributed by atoms with van der Waals surface area (Å²) in [5.74, 6) is -0.234. The lowest BCUT2D eigenvalue weighted by Crippen LogP contribution is -2.49. The molecule has 0 saturated heterocycles. The zero-order valence-electron chi connectivity index (χ0n) is 14.3. The first-order valence-electron chi connectivity index (χ1n) is 8.39. The molecule has 1 atom stereocenters. The maximum Gasteiger partial charge on any atom is 0.255 e.